The van der Waals surface area contributed by atoms with Crippen molar-refractivity contribution in [3.05, 3.63) is 29.6 Å². The van der Waals surface area contributed by atoms with E-state index in [0.717, 1.165) is 12.3 Å². The van der Waals surface area contributed by atoms with Crippen molar-refractivity contribution >= 4 is 0 Å². The van der Waals surface area contributed by atoms with Gasteiger partial charge in [-0.05, 0) is 37.3 Å². The topological polar surface area (TPSA) is 12.9 Å². The average Bonchev–Trinajstić information content (AvgIpc) is 2.27. The number of hydrogen-bond acceptors (Lipinski definition) is 1. The van der Waals surface area contributed by atoms with Gasteiger partial charge in [-0.3, -0.25) is 4.98 Å². The van der Waals surface area contributed by atoms with Crippen LogP contribution in [0.1, 0.15) is 56.8 Å². The summed E-state index contributed by atoms with van der Waals surface area (Å²) in [6, 6.07) is 6.54. The lowest BCUT2D eigenvalue weighted by Crippen LogP contribution is -2.04. The van der Waals surface area contributed by atoms with E-state index in [1.807, 2.05) is 0 Å². The third-order valence-electron chi connectivity index (χ3n) is 3.55. The third kappa shape index (κ3) is 3.62. The van der Waals surface area contributed by atoms with Crippen molar-refractivity contribution in [2.75, 3.05) is 0 Å². The molecular weight excluding hydrogens is 194 g/mol. The normalized spacial score (nSPS) is 23.2. The summed E-state index contributed by atoms with van der Waals surface area (Å²) in [6.45, 7) is 2.36. The highest BCUT2D eigenvalue weighted by atomic mass is 14.7. The molecule has 0 saturated carbocycles. The Hall–Kier alpha value is -0.850. The molecule has 2 rings (SSSR count). The van der Waals surface area contributed by atoms with Gasteiger partial charge in [0.25, 0.3) is 0 Å². The van der Waals surface area contributed by atoms with E-state index in [4.69, 9.17) is 4.98 Å². The van der Waals surface area contributed by atoms with Crippen LogP contribution in [0, 0.1) is 5.92 Å². The summed E-state index contributed by atoms with van der Waals surface area (Å²) >= 11 is 0. The second-order valence-electron chi connectivity index (χ2n) is 5.24. The van der Waals surface area contributed by atoms with Gasteiger partial charge in [0.2, 0.25) is 0 Å². The predicted octanol–water partition coefficient (Wildman–Crippen LogP) is 4.16. The van der Waals surface area contributed by atoms with Crippen molar-refractivity contribution in [2.45, 2.75) is 58.3 Å². The molecule has 0 aliphatic carbocycles. The summed E-state index contributed by atoms with van der Waals surface area (Å²) in [5.74, 6) is 0.794. The number of hydrogen-bond donors (Lipinski definition) is 0. The molecule has 1 aliphatic heterocycles. The Morgan fingerprint density at radius 2 is 1.75 bits per heavy atom. The van der Waals surface area contributed by atoms with Crippen LogP contribution >= 0.6 is 0 Å². The summed E-state index contributed by atoms with van der Waals surface area (Å²) < 4.78 is 0. The number of rotatable bonds is 0. The van der Waals surface area contributed by atoms with Crippen LogP contribution in [-0.2, 0) is 12.8 Å². The highest BCUT2D eigenvalue weighted by Gasteiger charge is 2.07. The van der Waals surface area contributed by atoms with Crippen LogP contribution in [0.2, 0.25) is 0 Å². The zero-order valence-electron chi connectivity index (χ0n) is 10.4. The fourth-order valence-electron chi connectivity index (χ4n) is 2.57. The van der Waals surface area contributed by atoms with Crippen LogP contribution in [-0.4, -0.2) is 4.98 Å². The fraction of sp³-hybridized carbons (Fsp3) is 0.667. The number of aryl methyl sites for hydroxylation is 1. The first-order chi connectivity index (χ1) is 7.84. The van der Waals surface area contributed by atoms with Crippen molar-refractivity contribution in [3.63, 3.8) is 0 Å². The quantitative estimate of drug-likeness (QED) is 0.636. The van der Waals surface area contributed by atoms with Crippen molar-refractivity contribution in [1.82, 2.24) is 4.98 Å². The van der Waals surface area contributed by atoms with Gasteiger partial charge < -0.3 is 0 Å². The Balaban J connectivity index is 2.06. The van der Waals surface area contributed by atoms with Crippen molar-refractivity contribution in [3.8, 4) is 0 Å². The highest BCUT2D eigenvalue weighted by Crippen LogP contribution is 2.17. The van der Waals surface area contributed by atoms with E-state index in [1.165, 1.54) is 56.3 Å². The monoisotopic (exact) mass is 217 g/mol. The van der Waals surface area contributed by atoms with E-state index in [0.29, 0.717) is 0 Å². The minimum atomic E-state index is 0.794. The lowest BCUT2D eigenvalue weighted by Gasteiger charge is -2.13. The van der Waals surface area contributed by atoms with Gasteiger partial charge in [-0.2, -0.15) is 0 Å². The first-order valence-corrected chi connectivity index (χ1v) is 6.79. The van der Waals surface area contributed by atoms with Crippen LogP contribution in [0.25, 0.3) is 0 Å². The SMILES string of the molecule is C[C@@H]1CCCCCCCc2cccc(n2)C1. The molecule has 88 valence electrons. The Morgan fingerprint density at radius 3 is 2.69 bits per heavy atom. The zero-order valence-corrected chi connectivity index (χ0v) is 10.4. The second-order valence-corrected chi connectivity index (χ2v) is 5.24. The Labute approximate surface area is 99.3 Å². The fourth-order valence-corrected chi connectivity index (χ4v) is 2.57. The van der Waals surface area contributed by atoms with E-state index in [-0.39, 0.29) is 0 Å². The van der Waals surface area contributed by atoms with E-state index in [9.17, 15) is 0 Å². The molecule has 0 fully saturated rings. The van der Waals surface area contributed by atoms with Crippen LogP contribution in [0.4, 0.5) is 0 Å². The average molecular weight is 217 g/mol. The van der Waals surface area contributed by atoms with Crippen LogP contribution in [0.15, 0.2) is 18.2 Å². The molecular formula is C15H23N. The highest BCUT2D eigenvalue weighted by molar-refractivity contribution is 5.12. The minimum absolute atomic E-state index is 0.794. The molecule has 0 saturated heterocycles. The summed E-state index contributed by atoms with van der Waals surface area (Å²) in [7, 11) is 0. The minimum Gasteiger partial charge on any atom is -0.258 e. The molecule has 1 nitrogen and oxygen atoms in total. The molecule has 0 radical (unpaired) electrons. The largest absolute Gasteiger partial charge is 0.258 e. The molecule has 1 heteroatoms. The summed E-state index contributed by atoms with van der Waals surface area (Å²) in [4.78, 5) is 4.76. The number of nitrogens with zero attached hydrogens (tertiary/aromatic N) is 1. The first kappa shape index (κ1) is 11.6. The lowest BCUT2D eigenvalue weighted by atomic mass is 9.96. The van der Waals surface area contributed by atoms with Crippen LogP contribution < -0.4 is 0 Å². The number of pyridine rings is 1. The molecule has 0 unspecified atom stereocenters. The number of fused-ring (bicyclic) bond motifs is 2. The van der Waals surface area contributed by atoms with Crippen molar-refractivity contribution < 1.29 is 0 Å². The van der Waals surface area contributed by atoms with E-state index >= 15 is 0 Å². The predicted molar refractivity (Wildman–Crippen MR) is 68.5 cm³/mol. The van der Waals surface area contributed by atoms with Gasteiger partial charge in [-0.15, -0.1) is 0 Å². The van der Waals surface area contributed by atoms with Gasteiger partial charge in [-0.1, -0.05) is 45.1 Å². The first-order valence-electron chi connectivity index (χ1n) is 6.79. The summed E-state index contributed by atoms with van der Waals surface area (Å²) in [6.07, 6.45) is 10.6. The molecule has 1 aromatic rings. The lowest BCUT2D eigenvalue weighted by molar-refractivity contribution is 0.473. The standard InChI is InChI=1S/C15H23N/c1-13-8-5-3-2-4-6-9-14-10-7-11-15(12-13)16-14/h7,10-11,13H,2-6,8-9,12H2,1H3/t13-/m1/s1. The third-order valence-corrected chi connectivity index (χ3v) is 3.55. The van der Waals surface area contributed by atoms with Gasteiger partial charge in [-0.25, -0.2) is 0 Å². The molecule has 0 N–H and O–H groups in total. The van der Waals surface area contributed by atoms with Crippen molar-refractivity contribution in [1.29, 1.82) is 0 Å². The van der Waals surface area contributed by atoms with E-state index in [1.54, 1.807) is 0 Å². The molecule has 1 aliphatic rings. The van der Waals surface area contributed by atoms with Gasteiger partial charge in [0.15, 0.2) is 0 Å². The van der Waals surface area contributed by atoms with E-state index in [2.05, 4.69) is 25.1 Å². The summed E-state index contributed by atoms with van der Waals surface area (Å²) in [5, 5.41) is 0. The maximum atomic E-state index is 4.76. The molecule has 0 amide bonds. The summed E-state index contributed by atoms with van der Waals surface area (Å²) in [5.41, 5.74) is 2.59. The maximum absolute atomic E-state index is 4.76. The second kappa shape index (κ2) is 6.03. The smallest absolute Gasteiger partial charge is 0.0409 e. The zero-order chi connectivity index (χ0) is 11.2. The van der Waals surface area contributed by atoms with Gasteiger partial charge in [0.05, 0.1) is 0 Å². The van der Waals surface area contributed by atoms with Crippen molar-refractivity contribution in [2.24, 2.45) is 5.92 Å². The Bertz CT molecular complexity index is 319. The van der Waals surface area contributed by atoms with E-state index < -0.39 is 0 Å². The van der Waals surface area contributed by atoms with Crippen LogP contribution in [0.5, 0.6) is 0 Å². The Morgan fingerprint density at radius 1 is 1.00 bits per heavy atom. The maximum Gasteiger partial charge on any atom is 0.0409 e. The Kier molecular flexibility index (Phi) is 4.38. The molecule has 0 spiro atoms. The molecule has 2 heterocycles. The molecule has 16 heavy (non-hydrogen) atoms. The molecule has 1 aromatic heterocycles. The van der Waals surface area contributed by atoms with Gasteiger partial charge in [0.1, 0.15) is 0 Å². The van der Waals surface area contributed by atoms with Gasteiger partial charge >= 0.3 is 0 Å². The molecule has 0 aromatic carbocycles. The van der Waals surface area contributed by atoms with Crippen LogP contribution in [0.3, 0.4) is 0 Å². The molecule has 1 atom stereocenters. The molecule has 2 bridgehead atoms. The number of aromatic nitrogens is 1. The van der Waals surface area contributed by atoms with Gasteiger partial charge in [0, 0.05) is 11.4 Å².